The van der Waals surface area contributed by atoms with Gasteiger partial charge in [-0.2, -0.15) is 0 Å². The maximum atomic E-state index is 12.9. The van der Waals surface area contributed by atoms with Crippen molar-refractivity contribution in [2.45, 2.75) is 32.9 Å². The minimum absolute atomic E-state index is 0.175. The number of carbonyl (C=O) groups excluding carboxylic acids is 1. The highest BCUT2D eigenvalue weighted by Gasteiger charge is 2.32. The fourth-order valence-corrected chi connectivity index (χ4v) is 4.79. The van der Waals surface area contributed by atoms with Gasteiger partial charge in [-0.3, -0.25) is 9.69 Å². The molecule has 2 aliphatic heterocycles. The lowest BCUT2D eigenvalue weighted by Crippen LogP contribution is -2.40. The maximum absolute atomic E-state index is 12.9. The molecule has 3 nitrogen and oxygen atoms in total. The van der Waals surface area contributed by atoms with Gasteiger partial charge in [0.15, 0.2) is 0 Å². The molecule has 0 aliphatic carbocycles. The zero-order valence-corrected chi connectivity index (χ0v) is 15.0. The summed E-state index contributed by atoms with van der Waals surface area (Å²) in [6.45, 7) is 6.76. The van der Waals surface area contributed by atoms with Gasteiger partial charge in [-0.05, 0) is 54.4 Å². The van der Waals surface area contributed by atoms with Crippen molar-refractivity contribution in [2.75, 3.05) is 19.6 Å². The predicted octanol–water partition coefficient (Wildman–Crippen LogP) is 3.46. The summed E-state index contributed by atoms with van der Waals surface area (Å²) in [6.07, 6.45) is 2.02. The molecule has 0 spiro atoms. The van der Waals surface area contributed by atoms with Gasteiger partial charge < -0.3 is 4.90 Å². The van der Waals surface area contributed by atoms with E-state index in [9.17, 15) is 4.79 Å². The van der Waals surface area contributed by atoms with Crippen LogP contribution in [0.5, 0.6) is 0 Å². The molecule has 0 radical (unpaired) electrons. The van der Waals surface area contributed by atoms with Gasteiger partial charge in [-0.25, -0.2) is 0 Å². The second kappa shape index (κ2) is 6.69. The zero-order chi connectivity index (χ0) is 16.5. The highest BCUT2D eigenvalue weighted by Crippen LogP contribution is 2.27. The number of carbonyl (C=O) groups is 1. The van der Waals surface area contributed by atoms with Crippen LogP contribution in [0.4, 0.5) is 0 Å². The van der Waals surface area contributed by atoms with Crippen molar-refractivity contribution in [3.63, 3.8) is 0 Å². The van der Waals surface area contributed by atoms with E-state index in [1.165, 1.54) is 21.6 Å². The second-order valence-electron chi connectivity index (χ2n) is 7.03. The number of rotatable bonds is 3. The lowest BCUT2D eigenvalue weighted by Gasteiger charge is -2.29. The normalized spacial score (nSPS) is 21.0. The molecule has 4 rings (SSSR count). The van der Waals surface area contributed by atoms with E-state index < -0.39 is 0 Å². The van der Waals surface area contributed by atoms with E-state index in [1.807, 2.05) is 11.3 Å². The number of amides is 1. The third kappa shape index (κ3) is 3.13. The first kappa shape index (κ1) is 15.9. The Kier molecular flexibility index (Phi) is 4.42. The van der Waals surface area contributed by atoms with Gasteiger partial charge in [0.05, 0.1) is 5.92 Å². The van der Waals surface area contributed by atoms with Crippen LogP contribution >= 0.6 is 11.3 Å². The molecule has 4 heteroatoms. The Morgan fingerprint density at radius 3 is 3.00 bits per heavy atom. The van der Waals surface area contributed by atoms with E-state index in [1.54, 1.807) is 0 Å². The largest absolute Gasteiger partial charge is 0.338 e. The average Bonchev–Trinajstić information content (AvgIpc) is 3.24. The van der Waals surface area contributed by atoms with Gasteiger partial charge >= 0.3 is 0 Å². The molecule has 1 amide bonds. The molecule has 126 valence electrons. The number of hydrogen-bond donors (Lipinski definition) is 0. The lowest BCUT2D eigenvalue weighted by molar-refractivity contribution is -0.136. The number of aryl methyl sites for hydroxylation is 1. The highest BCUT2D eigenvalue weighted by molar-refractivity contribution is 7.10. The highest BCUT2D eigenvalue weighted by atomic mass is 32.1. The van der Waals surface area contributed by atoms with Crippen molar-refractivity contribution >= 4 is 17.2 Å². The Balaban J connectivity index is 1.37. The molecule has 1 fully saturated rings. The topological polar surface area (TPSA) is 23.6 Å². The molecule has 24 heavy (non-hydrogen) atoms. The van der Waals surface area contributed by atoms with Crippen molar-refractivity contribution in [2.24, 2.45) is 5.92 Å². The van der Waals surface area contributed by atoms with Gasteiger partial charge in [0.1, 0.15) is 0 Å². The van der Waals surface area contributed by atoms with E-state index >= 15 is 0 Å². The van der Waals surface area contributed by atoms with Crippen LogP contribution < -0.4 is 0 Å². The molecule has 3 heterocycles. The number of hydrogen-bond acceptors (Lipinski definition) is 3. The Bertz CT molecular complexity index is 739. The Hall–Kier alpha value is -1.65. The molecular weight excluding hydrogens is 316 g/mol. The summed E-state index contributed by atoms with van der Waals surface area (Å²) < 4.78 is 0. The molecular formula is C20H24N2OS. The molecule has 1 aromatic heterocycles. The van der Waals surface area contributed by atoms with E-state index in [2.05, 4.69) is 52.4 Å². The first-order valence-electron chi connectivity index (χ1n) is 8.81. The Morgan fingerprint density at radius 2 is 2.12 bits per heavy atom. The minimum Gasteiger partial charge on any atom is -0.338 e. The molecule has 2 aromatic rings. The number of nitrogens with zero attached hydrogens (tertiary/aromatic N) is 2. The van der Waals surface area contributed by atoms with Crippen molar-refractivity contribution in [3.8, 4) is 0 Å². The van der Waals surface area contributed by atoms with E-state index in [0.717, 1.165) is 45.6 Å². The summed E-state index contributed by atoms with van der Waals surface area (Å²) in [6, 6.07) is 10.7. The van der Waals surface area contributed by atoms with Crippen LogP contribution in [0, 0.1) is 12.8 Å². The summed E-state index contributed by atoms with van der Waals surface area (Å²) in [5, 5.41) is 2.15. The van der Waals surface area contributed by atoms with Crippen LogP contribution in [0.3, 0.4) is 0 Å². The van der Waals surface area contributed by atoms with Crippen LogP contribution in [0.25, 0.3) is 0 Å². The average molecular weight is 340 g/mol. The van der Waals surface area contributed by atoms with E-state index in [-0.39, 0.29) is 5.92 Å². The molecule has 0 saturated carbocycles. The Morgan fingerprint density at radius 1 is 1.25 bits per heavy atom. The third-order valence-corrected chi connectivity index (χ3v) is 6.42. The predicted molar refractivity (Wildman–Crippen MR) is 98.0 cm³/mol. The minimum atomic E-state index is 0.175. The quantitative estimate of drug-likeness (QED) is 0.854. The smallest absolute Gasteiger partial charge is 0.227 e. The van der Waals surface area contributed by atoms with Crippen LogP contribution in [0.2, 0.25) is 0 Å². The van der Waals surface area contributed by atoms with Crippen molar-refractivity contribution in [1.82, 2.24) is 9.80 Å². The van der Waals surface area contributed by atoms with Gasteiger partial charge in [0, 0.05) is 31.1 Å². The van der Waals surface area contributed by atoms with E-state index in [0.29, 0.717) is 5.91 Å². The molecule has 2 aliphatic rings. The van der Waals surface area contributed by atoms with Gasteiger partial charge in [-0.15, -0.1) is 11.3 Å². The molecule has 0 bridgehead atoms. The summed E-state index contributed by atoms with van der Waals surface area (Å²) in [7, 11) is 0. The zero-order valence-electron chi connectivity index (χ0n) is 14.2. The van der Waals surface area contributed by atoms with Gasteiger partial charge in [0.25, 0.3) is 0 Å². The fourth-order valence-electron chi connectivity index (χ4n) is 3.90. The number of fused-ring (bicyclic) bond motifs is 1. The lowest BCUT2D eigenvalue weighted by atomic mass is 10.0. The van der Waals surface area contributed by atoms with E-state index in [4.69, 9.17) is 0 Å². The van der Waals surface area contributed by atoms with Crippen LogP contribution in [-0.2, 0) is 24.3 Å². The second-order valence-corrected chi connectivity index (χ2v) is 8.03. The van der Waals surface area contributed by atoms with Gasteiger partial charge in [0.2, 0.25) is 5.91 Å². The van der Waals surface area contributed by atoms with Crippen molar-refractivity contribution < 1.29 is 4.79 Å². The molecule has 1 atom stereocenters. The Labute approximate surface area is 147 Å². The summed E-state index contributed by atoms with van der Waals surface area (Å²) >= 11 is 1.83. The summed E-state index contributed by atoms with van der Waals surface area (Å²) in [5.41, 5.74) is 4.08. The SMILES string of the molecule is Cc1ccccc1CN1CCC(C(=O)N2CCc3sccc3C2)C1. The van der Waals surface area contributed by atoms with Crippen LogP contribution in [0.15, 0.2) is 35.7 Å². The summed E-state index contributed by atoms with van der Waals surface area (Å²) in [5.74, 6) is 0.535. The first-order valence-corrected chi connectivity index (χ1v) is 9.69. The summed E-state index contributed by atoms with van der Waals surface area (Å²) in [4.78, 5) is 18.9. The monoisotopic (exact) mass is 340 g/mol. The maximum Gasteiger partial charge on any atom is 0.227 e. The fraction of sp³-hybridized carbons (Fsp3) is 0.450. The number of thiophene rings is 1. The molecule has 1 aromatic carbocycles. The molecule has 1 unspecified atom stereocenters. The van der Waals surface area contributed by atoms with Crippen LogP contribution in [0.1, 0.15) is 28.0 Å². The van der Waals surface area contributed by atoms with Gasteiger partial charge in [-0.1, -0.05) is 24.3 Å². The number of likely N-dealkylation sites (tertiary alicyclic amines) is 1. The van der Waals surface area contributed by atoms with Crippen molar-refractivity contribution in [3.05, 3.63) is 57.3 Å². The number of benzene rings is 1. The standard InChI is InChI=1S/C20H24N2OS/c1-15-4-2-3-5-16(15)12-21-9-6-18(13-21)20(23)22-10-7-19-17(14-22)8-11-24-19/h2-5,8,11,18H,6-7,9-10,12-14H2,1H3. The third-order valence-electron chi connectivity index (χ3n) is 5.40. The van der Waals surface area contributed by atoms with Crippen LogP contribution in [-0.4, -0.2) is 35.3 Å². The first-order chi connectivity index (χ1) is 11.7. The molecule has 0 N–H and O–H groups in total. The van der Waals surface area contributed by atoms with Crippen molar-refractivity contribution in [1.29, 1.82) is 0 Å². The molecule has 1 saturated heterocycles.